The van der Waals surface area contributed by atoms with Crippen LogP contribution in [-0.4, -0.2) is 78.7 Å². The summed E-state index contributed by atoms with van der Waals surface area (Å²) in [6, 6.07) is 20.3. The highest BCUT2D eigenvalue weighted by Crippen LogP contribution is 2.29. The molecule has 1 N–H and O–H groups in total. The van der Waals surface area contributed by atoms with Crippen LogP contribution < -0.4 is 15.0 Å². The lowest BCUT2D eigenvalue weighted by Gasteiger charge is -2.46. The number of nitrogens with one attached hydrogen (secondary N) is 1. The Bertz CT molecular complexity index is 1260. The van der Waals surface area contributed by atoms with Crippen LogP contribution in [0.5, 0.6) is 5.75 Å². The molecule has 5 rings (SSSR count). The Morgan fingerprint density at radius 2 is 1.80 bits per heavy atom. The molecule has 0 bridgehead atoms. The molecule has 0 spiro atoms. The number of hydrogen-bond donors (Lipinski definition) is 1. The number of likely N-dealkylation sites (tertiary alicyclic amines) is 1. The summed E-state index contributed by atoms with van der Waals surface area (Å²) in [7, 11) is 0. The molecule has 0 saturated carbocycles. The van der Waals surface area contributed by atoms with Crippen LogP contribution in [0.2, 0.25) is 10.0 Å². The van der Waals surface area contributed by atoms with Gasteiger partial charge in [0.15, 0.2) is 0 Å². The first-order valence-electron chi connectivity index (χ1n) is 14.1. The molecule has 1 unspecified atom stereocenters. The number of ether oxygens (including phenoxy) is 1. The molecule has 2 saturated heterocycles. The Morgan fingerprint density at radius 3 is 2.50 bits per heavy atom. The third kappa shape index (κ3) is 7.46. The summed E-state index contributed by atoms with van der Waals surface area (Å²) in [5, 5.41) is 4.16. The lowest BCUT2D eigenvalue weighted by Crippen LogP contribution is -2.57. The third-order valence-corrected chi connectivity index (χ3v) is 8.34. The van der Waals surface area contributed by atoms with Gasteiger partial charge in [0.1, 0.15) is 18.2 Å². The number of piperidine rings is 1. The van der Waals surface area contributed by atoms with Gasteiger partial charge < -0.3 is 15.0 Å². The van der Waals surface area contributed by atoms with Gasteiger partial charge >= 0.3 is 0 Å². The minimum Gasteiger partial charge on any atom is -0.492 e. The van der Waals surface area contributed by atoms with Gasteiger partial charge in [-0.1, -0.05) is 53.5 Å². The number of hydrogen-bond acceptors (Lipinski definition) is 6. The number of halogens is 2. The molecular weight excluding hydrogens is 545 g/mol. The molecule has 1 amide bonds. The van der Waals surface area contributed by atoms with E-state index in [1.54, 1.807) is 12.3 Å². The maximum absolute atomic E-state index is 12.6. The average molecular weight is 585 g/mol. The minimum atomic E-state index is -0.210. The number of aromatic nitrogens is 1. The highest BCUT2D eigenvalue weighted by Gasteiger charge is 2.32. The van der Waals surface area contributed by atoms with Crippen molar-refractivity contribution in [2.75, 3.05) is 50.8 Å². The fourth-order valence-corrected chi connectivity index (χ4v) is 6.04. The van der Waals surface area contributed by atoms with Gasteiger partial charge in [-0.2, -0.15) is 0 Å². The fraction of sp³-hybridized carbons (Fsp3) is 0.419. The summed E-state index contributed by atoms with van der Waals surface area (Å²) in [5.74, 6) is 1.31. The van der Waals surface area contributed by atoms with E-state index in [9.17, 15) is 4.79 Å². The SMILES string of the molecule is CC1CN(C2CCN(Cc3ccc(Cl)cc3)CC2)CCN1c1ncc(C(=O)NCCOc2ccccc2)cc1Cl.[HH]. The highest BCUT2D eigenvalue weighted by molar-refractivity contribution is 6.33. The Kier molecular flexibility index (Phi) is 9.81. The Labute approximate surface area is 248 Å². The summed E-state index contributed by atoms with van der Waals surface area (Å²) >= 11 is 12.7. The molecule has 9 heteroatoms. The zero-order chi connectivity index (χ0) is 27.9. The van der Waals surface area contributed by atoms with Gasteiger partial charge in [-0.15, -0.1) is 0 Å². The first-order chi connectivity index (χ1) is 19.5. The Morgan fingerprint density at radius 1 is 1.05 bits per heavy atom. The molecule has 3 heterocycles. The van der Waals surface area contributed by atoms with E-state index in [2.05, 4.69) is 44.1 Å². The molecule has 2 aliphatic rings. The van der Waals surface area contributed by atoms with Gasteiger partial charge in [-0.05, 0) is 68.8 Å². The van der Waals surface area contributed by atoms with Crippen LogP contribution in [0.1, 0.15) is 37.1 Å². The Hall–Kier alpha value is -2.84. The third-order valence-electron chi connectivity index (χ3n) is 7.81. The van der Waals surface area contributed by atoms with E-state index >= 15 is 0 Å². The first-order valence-corrected chi connectivity index (χ1v) is 14.8. The molecular formula is C31H39Cl2N5O2. The maximum Gasteiger partial charge on any atom is 0.253 e. The maximum atomic E-state index is 12.6. The van der Waals surface area contributed by atoms with Crippen molar-refractivity contribution in [3.05, 3.63) is 88.0 Å². The molecule has 1 aromatic heterocycles. The van der Waals surface area contributed by atoms with Crippen LogP contribution in [0.4, 0.5) is 5.82 Å². The number of amides is 1. The van der Waals surface area contributed by atoms with Gasteiger partial charge in [-0.25, -0.2) is 4.98 Å². The van der Waals surface area contributed by atoms with Crippen molar-refractivity contribution in [1.82, 2.24) is 20.1 Å². The van der Waals surface area contributed by atoms with E-state index in [1.807, 2.05) is 42.5 Å². The van der Waals surface area contributed by atoms with Crippen molar-refractivity contribution < 1.29 is 11.0 Å². The van der Waals surface area contributed by atoms with E-state index in [0.29, 0.717) is 29.8 Å². The lowest BCUT2D eigenvalue weighted by atomic mass is 10.00. The van der Waals surface area contributed by atoms with Crippen LogP contribution >= 0.6 is 23.2 Å². The van der Waals surface area contributed by atoms with Crippen molar-refractivity contribution in [3.8, 4) is 5.75 Å². The molecule has 0 radical (unpaired) electrons. The molecule has 2 aliphatic heterocycles. The summed E-state index contributed by atoms with van der Waals surface area (Å²) in [5.41, 5.74) is 1.76. The number of carbonyl (C=O) groups is 1. The molecule has 3 aromatic rings. The van der Waals surface area contributed by atoms with Crippen LogP contribution in [0.25, 0.3) is 0 Å². The quantitative estimate of drug-likeness (QED) is 0.330. The van der Waals surface area contributed by atoms with Crippen molar-refractivity contribution in [2.24, 2.45) is 0 Å². The van der Waals surface area contributed by atoms with Gasteiger partial charge in [0.2, 0.25) is 0 Å². The van der Waals surface area contributed by atoms with E-state index in [4.69, 9.17) is 27.9 Å². The number of nitrogens with zero attached hydrogens (tertiary/aromatic N) is 4. The molecule has 2 fully saturated rings. The zero-order valence-electron chi connectivity index (χ0n) is 22.9. The second-order valence-corrected chi connectivity index (χ2v) is 11.5. The van der Waals surface area contributed by atoms with Crippen LogP contribution in [0.3, 0.4) is 0 Å². The number of para-hydroxylation sites is 1. The summed E-state index contributed by atoms with van der Waals surface area (Å²) in [6.45, 7) is 9.03. The van der Waals surface area contributed by atoms with Gasteiger partial charge in [0, 0.05) is 50.9 Å². The molecule has 40 heavy (non-hydrogen) atoms. The number of benzene rings is 2. The second-order valence-electron chi connectivity index (χ2n) is 10.6. The van der Waals surface area contributed by atoms with E-state index in [0.717, 1.165) is 55.9 Å². The van der Waals surface area contributed by atoms with E-state index in [-0.39, 0.29) is 13.4 Å². The zero-order valence-corrected chi connectivity index (χ0v) is 24.4. The van der Waals surface area contributed by atoms with Gasteiger partial charge in [0.05, 0.1) is 17.1 Å². The van der Waals surface area contributed by atoms with E-state index < -0.39 is 0 Å². The van der Waals surface area contributed by atoms with Crippen LogP contribution in [0, 0.1) is 0 Å². The smallest absolute Gasteiger partial charge is 0.253 e. The second kappa shape index (κ2) is 13.7. The standard InChI is InChI=1S/C31H37Cl2N5O2.H2/c1-23-21-37(27-11-14-36(15-12-27)22-24-7-9-26(32)10-8-24)16-17-38(23)30-29(33)19-25(20-35-30)31(39)34-13-18-40-28-5-3-2-4-6-28;/h2-10,19-20,23,27H,11-18,21-22H2,1H3,(H,34,39);1H. The van der Waals surface area contributed by atoms with Crippen molar-refractivity contribution >= 4 is 34.9 Å². The average Bonchev–Trinajstić information content (AvgIpc) is 2.97. The topological polar surface area (TPSA) is 60.9 Å². The summed E-state index contributed by atoms with van der Waals surface area (Å²) in [4.78, 5) is 24.7. The number of anilines is 1. The largest absolute Gasteiger partial charge is 0.492 e. The summed E-state index contributed by atoms with van der Waals surface area (Å²) < 4.78 is 5.64. The predicted octanol–water partition coefficient (Wildman–Crippen LogP) is 5.62. The fourth-order valence-electron chi connectivity index (χ4n) is 5.64. The number of rotatable bonds is 9. The normalized spacial score (nSPS) is 19.0. The predicted molar refractivity (Wildman–Crippen MR) is 164 cm³/mol. The number of pyridine rings is 1. The lowest BCUT2D eigenvalue weighted by molar-refractivity contribution is 0.0904. The van der Waals surface area contributed by atoms with Crippen LogP contribution in [-0.2, 0) is 6.54 Å². The van der Waals surface area contributed by atoms with Crippen molar-refractivity contribution in [3.63, 3.8) is 0 Å². The highest BCUT2D eigenvalue weighted by atomic mass is 35.5. The first kappa shape index (κ1) is 28.7. The monoisotopic (exact) mass is 583 g/mol. The van der Waals surface area contributed by atoms with Gasteiger partial charge in [0.25, 0.3) is 5.91 Å². The number of piperazine rings is 1. The molecule has 214 valence electrons. The van der Waals surface area contributed by atoms with Gasteiger partial charge in [-0.3, -0.25) is 14.6 Å². The van der Waals surface area contributed by atoms with Crippen LogP contribution in [0.15, 0.2) is 66.9 Å². The molecule has 7 nitrogen and oxygen atoms in total. The summed E-state index contributed by atoms with van der Waals surface area (Å²) in [6.07, 6.45) is 3.98. The molecule has 1 atom stereocenters. The Balaban J connectivity index is 0.00000387. The molecule has 0 aliphatic carbocycles. The minimum absolute atomic E-state index is 0. The number of carbonyl (C=O) groups excluding carboxylic acids is 1. The van der Waals surface area contributed by atoms with Crippen molar-refractivity contribution in [2.45, 2.75) is 38.4 Å². The van der Waals surface area contributed by atoms with Crippen molar-refractivity contribution in [1.29, 1.82) is 0 Å². The van der Waals surface area contributed by atoms with E-state index in [1.165, 1.54) is 18.4 Å². The molecule has 2 aromatic carbocycles.